The van der Waals surface area contributed by atoms with Gasteiger partial charge in [-0.2, -0.15) is 0 Å². The lowest BCUT2D eigenvalue weighted by molar-refractivity contribution is 0.588. The number of aromatic nitrogens is 2. The molecule has 0 aliphatic carbocycles. The van der Waals surface area contributed by atoms with Crippen molar-refractivity contribution in [1.82, 2.24) is 14.3 Å². The molecule has 11 heteroatoms. The van der Waals surface area contributed by atoms with Crippen molar-refractivity contribution in [2.24, 2.45) is 0 Å². The maximum Gasteiger partial charge on any atom is 0.269 e. The molecule has 4 rings (SSSR count). The minimum atomic E-state index is -3.88. The molecule has 32 heavy (non-hydrogen) atoms. The van der Waals surface area contributed by atoms with Crippen molar-refractivity contribution in [3.8, 4) is 0 Å². The molecule has 2 N–H and O–H groups in total. The Labute approximate surface area is 200 Å². The van der Waals surface area contributed by atoms with Crippen LogP contribution in [0.5, 0.6) is 0 Å². The van der Waals surface area contributed by atoms with Crippen LogP contribution in [0.3, 0.4) is 0 Å². The van der Waals surface area contributed by atoms with E-state index >= 15 is 0 Å². The van der Waals surface area contributed by atoms with Gasteiger partial charge in [-0.25, -0.2) is 16.8 Å². The van der Waals surface area contributed by atoms with E-state index < -0.39 is 15.8 Å². The zero-order chi connectivity index (χ0) is 22.2. The first-order chi connectivity index (χ1) is 14.8. The second kappa shape index (κ2) is 9.64. The number of pyridine rings is 1. The van der Waals surface area contributed by atoms with Crippen molar-refractivity contribution in [1.29, 1.82) is 0 Å². The normalized spacial score (nSPS) is 11.4. The van der Waals surface area contributed by atoms with Gasteiger partial charge in [-0.05, 0) is 49.0 Å². The molecule has 0 saturated heterocycles. The first-order valence-electron chi connectivity index (χ1n) is 9.17. The number of hydrogen-bond acceptors (Lipinski definition) is 5. The van der Waals surface area contributed by atoms with Crippen LogP contribution in [-0.2, 0) is 16.6 Å². The second-order valence-electron chi connectivity index (χ2n) is 6.78. The maximum atomic E-state index is 13.5. The Morgan fingerprint density at radius 1 is 1.12 bits per heavy atom. The van der Waals surface area contributed by atoms with E-state index in [2.05, 4.69) is 15.6 Å². The van der Waals surface area contributed by atoms with Gasteiger partial charge in [0.05, 0.1) is 21.2 Å². The van der Waals surface area contributed by atoms with Crippen LogP contribution >= 0.6 is 35.6 Å². The fourth-order valence-corrected chi connectivity index (χ4v) is 5.20. The molecule has 0 amide bonds. The quantitative estimate of drug-likeness (QED) is 0.349. The first-order valence-corrected chi connectivity index (χ1v) is 11.4. The molecule has 0 saturated carbocycles. The lowest BCUT2D eigenvalue weighted by atomic mass is 10.1. The van der Waals surface area contributed by atoms with Gasteiger partial charge in [-0.1, -0.05) is 29.3 Å². The number of fused-ring (bicyclic) bond motifs is 1. The lowest BCUT2D eigenvalue weighted by Gasteiger charge is -2.12. The summed E-state index contributed by atoms with van der Waals surface area (Å²) in [5.41, 5.74) is 2.15. The number of benzene rings is 2. The van der Waals surface area contributed by atoms with Gasteiger partial charge in [0, 0.05) is 36.2 Å². The SMILES string of the molecule is CNCc1cn(S(=O)(=O)c2cccnc2)c2cc(Nc3c(Cl)cc(F)cc3Cl)ccc12.Cl. The second-order valence-corrected chi connectivity index (χ2v) is 9.40. The van der Waals surface area contributed by atoms with E-state index in [1.807, 2.05) is 6.07 Å². The van der Waals surface area contributed by atoms with Gasteiger partial charge in [0.15, 0.2) is 0 Å². The minimum Gasteiger partial charge on any atom is -0.353 e. The molecule has 168 valence electrons. The zero-order valence-corrected chi connectivity index (χ0v) is 19.8. The summed E-state index contributed by atoms with van der Waals surface area (Å²) in [6.45, 7) is 0.481. The smallest absolute Gasteiger partial charge is 0.269 e. The highest BCUT2D eigenvalue weighted by Crippen LogP contribution is 2.35. The Kier molecular flexibility index (Phi) is 7.32. The molecule has 0 aliphatic rings. The zero-order valence-electron chi connectivity index (χ0n) is 16.6. The molecule has 2 aromatic carbocycles. The van der Waals surface area contributed by atoms with Crippen molar-refractivity contribution in [2.75, 3.05) is 12.4 Å². The third kappa shape index (κ3) is 4.55. The molecular formula is C21H18Cl3FN4O2S. The van der Waals surface area contributed by atoms with Crippen LogP contribution < -0.4 is 10.6 Å². The molecule has 0 unspecified atom stereocenters. The molecule has 4 aromatic rings. The average Bonchev–Trinajstić information content (AvgIpc) is 3.10. The Bertz CT molecular complexity index is 1360. The van der Waals surface area contributed by atoms with Crippen LogP contribution in [0.2, 0.25) is 10.0 Å². The first kappa shape index (κ1) is 24.3. The Balaban J connectivity index is 0.00000289. The van der Waals surface area contributed by atoms with Crippen LogP contribution in [0.25, 0.3) is 10.9 Å². The number of halogens is 4. The fourth-order valence-electron chi connectivity index (χ4n) is 3.29. The summed E-state index contributed by atoms with van der Waals surface area (Å²) in [7, 11) is -2.09. The Morgan fingerprint density at radius 3 is 2.47 bits per heavy atom. The molecule has 0 bridgehead atoms. The van der Waals surface area contributed by atoms with Crippen LogP contribution in [-0.4, -0.2) is 24.4 Å². The predicted molar refractivity (Wildman–Crippen MR) is 128 cm³/mol. The summed E-state index contributed by atoms with van der Waals surface area (Å²) in [6, 6.07) is 10.6. The fraction of sp³-hybridized carbons (Fsp3) is 0.0952. The van der Waals surface area contributed by atoms with E-state index in [0.29, 0.717) is 23.4 Å². The van der Waals surface area contributed by atoms with Gasteiger partial charge < -0.3 is 10.6 Å². The van der Waals surface area contributed by atoms with E-state index in [0.717, 1.165) is 23.1 Å². The molecule has 0 aliphatic heterocycles. The van der Waals surface area contributed by atoms with Crippen molar-refractivity contribution < 1.29 is 12.8 Å². The van der Waals surface area contributed by atoms with Crippen LogP contribution in [0, 0.1) is 5.82 Å². The van der Waals surface area contributed by atoms with Crippen LogP contribution in [0.1, 0.15) is 5.56 Å². The number of nitrogens with zero attached hydrogens (tertiary/aromatic N) is 2. The van der Waals surface area contributed by atoms with Crippen molar-refractivity contribution >= 4 is 67.9 Å². The Hall–Kier alpha value is -2.36. The van der Waals surface area contributed by atoms with Gasteiger partial charge in [0.1, 0.15) is 10.7 Å². The molecule has 0 spiro atoms. The predicted octanol–water partition coefficient (Wildman–Crippen LogP) is 5.60. The van der Waals surface area contributed by atoms with E-state index in [4.69, 9.17) is 23.2 Å². The summed E-state index contributed by atoms with van der Waals surface area (Å²) in [5, 5.41) is 7.09. The summed E-state index contributed by atoms with van der Waals surface area (Å²) in [5.74, 6) is -0.552. The average molecular weight is 516 g/mol. The van der Waals surface area contributed by atoms with E-state index in [9.17, 15) is 12.8 Å². The van der Waals surface area contributed by atoms with Gasteiger partial charge in [-0.15, -0.1) is 12.4 Å². The van der Waals surface area contributed by atoms with E-state index in [1.165, 1.54) is 22.4 Å². The monoisotopic (exact) mass is 514 g/mol. The minimum absolute atomic E-state index is 0. The maximum absolute atomic E-state index is 13.5. The topological polar surface area (TPSA) is 76.0 Å². The molecular weight excluding hydrogens is 498 g/mol. The highest BCUT2D eigenvalue weighted by Gasteiger charge is 2.22. The summed E-state index contributed by atoms with van der Waals surface area (Å²) in [4.78, 5) is 4.00. The third-order valence-corrected chi connectivity index (χ3v) is 6.94. The Morgan fingerprint density at radius 2 is 1.84 bits per heavy atom. The number of anilines is 2. The van der Waals surface area contributed by atoms with Gasteiger partial charge in [-0.3, -0.25) is 4.98 Å². The van der Waals surface area contributed by atoms with E-state index in [1.54, 1.807) is 31.4 Å². The molecule has 2 aromatic heterocycles. The van der Waals surface area contributed by atoms with E-state index in [-0.39, 0.29) is 27.3 Å². The highest BCUT2D eigenvalue weighted by molar-refractivity contribution is 7.90. The third-order valence-electron chi connectivity index (χ3n) is 4.69. The largest absolute Gasteiger partial charge is 0.353 e. The van der Waals surface area contributed by atoms with Crippen molar-refractivity contribution in [3.63, 3.8) is 0 Å². The number of hydrogen-bond donors (Lipinski definition) is 2. The van der Waals surface area contributed by atoms with Crippen LogP contribution in [0.15, 0.2) is 66.0 Å². The van der Waals surface area contributed by atoms with Gasteiger partial charge in [0.25, 0.3) is 10.0 Å². The highest BCUT2D eigenvalue weighted by atomic mass is 35.5. The van der Waals surface area contributed by atoms with Crippen LogP contribution in [0.4, 0.5) is 15.8 Å². The number of rotatable bonds is 6. The van der Waals surface area contributed by atoms with Gasteiger partial charge in [0.2, 0.25) is 0 Å². The molecule has 0 fully saturated rings. The van der Waals surface area contributed by atoms with Crippen molar-refractivity contribution in [2.45, 2.75) is 11.4 Å². The standard InChI is InChI=1S/C21H17Cl2FN4O2S.ClH/c1-25-10-13-12-28(31(29,30)16-3-2-6-26-11-16)20-9-15(4-5-17(13)20)27-21-18(22)7-14(24)8-19(21)23;/h2-9,11-12,25,27H,10H2,1H3;1H. The van der Waals surface area contributed by atoms with Crippen molar-refractivity contribution in [3.05, 3.63) is 82.5 Å². The lowest BCUT2D eigenvalue weighted by Crippen LogP contribution is -2.12. The number of nitrogens with one attached hydrogen (secondary N) is 2. The molecule has 0 atom stereocenters. The van der Waals surface area contributed by atoms with Gasteiger partial charge >= 0.3 is 0 Å². The molecule has 6 nitrogen and oxygen atoms in total. The summed E-state index contributed by atoms with van der Waals surface area (Å²) < 4.78 is 41.3. The molecule has 2 heterocycles. The molecule has 0 radical (unpaired) electrons. The summed E-state index contributed by atoms with van der Waals surface area (Å²) >= 11 is 12.3. The summed E-state index contributed by atoms with van der Waals surface area (Å²) in [6.07, 6.45) is 4.40.